The minimum Gasteiger partial charge on any atom is -0.311 e. The van der Waals surface area contributed by atoms with Crippen molar-refractivity contribution in [2.24, 2.45) is 0 Å². The third-order valence-corrected chi connectivity index (χ3v) is 6.02. The molecule has 1 aromatic carbocycles. The topological polar surface area (TPSA) is 84.3 Å². The van der Waals surface area contributed by atoms with Gasteiger partial charge in [-0.25, -0.2) is 13.8 Å². The number of fused-ring (bicyclic) bond motifs is 1. The van der Waals surface area contributed by atoms with E-state index in [0.29, 0.717) is 16.7 Å². The molecule has 0 spiro atoms. The first-order chi connectivity index (χ1) is 15.1. The van der Waals surface area contributed by atoms with E-state index in [-0.39, 0.29) is 46.3 Å². The maximum absolute atomic E-state index is 14.9. The summed E-state index contributed by atoms with van der Waals surface area (Å²) < 4.78 is 31.6. The summed E-state index contributed by atoms with van der Waals surface area (Å²) in [7, 11) is 0. The summed E-state index contributed by atoms with van der Waals surface area (Å²) in [5, 5.41) is 18.6. The molecule has 4 heterocycles. The van der Waals surface area contributed by atoms with Crippen molar-refractivity contribution < 1.29 is 8.78 Å². The number of hydrogen-bond donors (Lipinski definition) is 2. The number of rotatable bonds is 3. The van der Waals surface area contributed by atoms with Crippen LogP contribution in [-0.2, 0) is 0 Å². The zero-order valence-electron chi connectivity index (χ0n) is 18.9. The summed E-state index contributed by atoms with van der Waals surface area (Å²) in [6.07, 6.45) is 6.56. The average molecular weight is 474 g/mol. The Morgan fingerprint density at radius 3 is 2.30 bits per heavy atom. The Labute approximate surface area is 196 Å². The molecule has 4 aromatic rings. The van der Waals surface area contributed by atoms with Gasteiger partial charge in [0.1, 0.15) is 17.2 Å². The normalized spacial score (nSPS) is 17.8. The second-order valence-electron chi connectivity index (χ2n) is 9.84. The molecule has 2 N–H and O–H groups in total. The lowest BCUT2D eigenvalue weighted by atomic mass is 9.79. The fraction of sp³-hybridized carbons (Fsp3) is 0.391. The molecule has 1 aliphatic heterocycles. The van der Waals surface area contributed by atoms with Crippen molar-refractivity contribution in [1.82, 2.24) is 35.3 Å². The summed E-state index contributed by atoms with van der Waals surface area (Å²) in [6, 6.07) is 4.16. The first kappa shape index (κ1) is 23.3. The quantitative estimate of drug-likeness (QED) is 0.434. The van der Waals surface area contributed by atoms with Crippen molar-refractivity contribution in [3.63, 3.8) is 0 Å². The number of imidazole rings is 1. The fourth-order valence-electron chi connectivity index (χ4n) is 5.06. The monoisotopic (exact) mass is 473 g/mol. The number of piperidine rings is 1. The number of hydrogen-bond acceptors (Lipinski definition) is 5. The highest BCUT2D eigenvalue weighted by Gasteiger charge is 2.39. The maximum Gasteiger partial charge on any atom is 0.182 e. The van der Waals surface area contributed by atoms with Crippen molar-refractivity contribution >= 4 is 23.6 Å². The molecule has 0 unspecified atom stereocenters. The molecule has 5 rings (SSSR count). The molecule has 1 fully saturated rings. The van der Waals surface area contributed by atoms with Crippen molar-refractivity contribution in [2.75, 3.05) is 0 Å². The van der Waals surface area contributed by atoms with Gasteiger partial charge in [0.15, 0.2) is 5.65 Å². The molecule has 0 aliphatic carbocycles. The van der Waals surface area contributed by atoms with E-state index in [1.54, 1.807) is 12.4 Å². The van der Waals surface area contributed by atoms with Crippen LogP contribution in [0.25, 0.3) is 33.5 Å². The van der Waals surface area contributed by atoms with Crippen LogP contribution in [0, 0.1) is 11.6 Å². The highest BCUT2D eigenvalue weighted by molar-refractivity contribution is 5.85. The molecule has 0 amide bonds. The van der Waals surface area contributed by atoms with Gasteiger partial charge in [-0.15, -0.1) is 22.6 Å². The van der Waals surface area contributed by atoms with Crippen molar-refractivity contribution in [3.8, 4) is 22.4 Å². The Kier molecular flexibility index (Phi) is 5.74. The van der Waals surface area contributed by atoms with E-state index in [4.69, 9.17) is 0 Å². The van der Waals surface area contributed by atoms with Crippen molar-refractivity contribution in [2.45, 2.75) is 57.7 Å². The van der Waals surface area contributed by atoms with Gasteiger partial charge in [0.25, 0.3) is 0 Å². The van der Waals surface area contributed by atoms with E-state index in [1.807, 2.05) is 0 Å². The molecule has 0 bridgehead atoms. The van der Waals surface area contributed by atoms with Gasteiger partial charge in [0, 0.05) is 40.0 Å². The molecule has 1 saturated heterocycles. The Balaban J connectivity index is 0.00000259. The summed E-state index contributed by atoms with van der Waals surface area (Å²) in [6.45, 7) is 8.76. The van der Waals surface area contributed by atoms with Crippen molar-refractivity contribution in [1.29, 1.82) is 0 Å². The number of halogens is 3. The molecular formula is C23H26ClF2N7. The first-order valence-corrected chi connectivity index (χ1v) is 10.6. The van der Waals surface area contributed by atoms with Gasteiger partial charge in [0.2, 0.25) is 0 Å². The second-order valence-corrected chi connectivity index (χ2v) is 9.84. The van der Waals surface area contributed by atoms with Crippen LogP contribution < -0.4 is 5.32 Å². The van der Waals surface area contributed by atoms with Gasteiger partial charge >= 0.3 is 0 Å². The van der Waals surface area contributed by atoms with Gasteiger partial charge in [-0.05, 0) is 58.7 Å². The predicted octanol–water partition coefficient (Wildman–Crippen LogP) is 5.07. The van der Waals surface area contributed by atoms with Crippen LogP contribution in [0.2, 0.25) is 0 Å². The molecule has 174 valence electrons. The number of nitrogens with zero attached hydrogens (tertiary/aromatic N) is 5. The van der Waals surface area contributed by atoms with E-state index in [2.05, 4.69) is 63.0 Å². The lowest BCUT2D eigenvalue weighted by Crippen LogP contribution is -2.57. The molecule has 7 nitrogen and oxygen atoms in total. The first-order valence-electron chi connectivity index (χ1n) is 10.6. The zero-order valence-corrected chi connectivity index (χ0v) is 19.7. The van der Waals surface area contributed by atoms with Crippen LogP contribution in [0.1, 0.15) is 46.6 Å². The fourth-order valence-corrected chi connectivity index (χ4v) is 5.06. The van der Waals surface area contributed by atoms with E-state index in [9.17, 15) is 8.78 Å². The highest BCUT2D eigenvalue weighted by Crippen LogP contribution is 2.37. The van der Waals surface area contributed by atoms with E-state index < -0.39 is 11.6 Å². The van der Waals surface area contributed by atoms with Gasteiger partial charge in [0.05, 0.1) is 18.2 Å². The van der Waals surface area contributed by atoms with Gasteiger partial charge in [-0.1, -0.05) is 0 Å². The largest absolute Gasteiger partial charge is 0.311 e. The molecule has 1 aliphatic rings. The standard InChI is InChI=1S/C23H25F2N7.ClH/c1-22(2)8-14(9-23(3,4)31-22)32-12-26-20-7-19(29-30-21(20)32)16-6-17(24)15(5-18(16)25)13-10-27-28-11-13;/h5-7,10-12,14,31H,8-9H2,1-4H3,(H,27,28);1H. The smallest absolute Gasteiger partial charge is 0.182 e. The van der Waals surface area contributed by atoms with Crippen LogP contribution in [0.15, 0.2) is 36.9 Å². The van der Waals surface area contributed by atoms with Crippen LogP contribution in [0.3, 0.4) is 0 Å². The second kappa shape index (κ2) is 8.14. The van der Waals surface area contributed by atoms with Gasteiger partial charge in [-0.3, -0.25) is 5.10 Å². The van der Waals surface area contributed by atoms with Gasteiger partial charge < -0.3 is 9.88 Å². The molecule has 33 heavy (non-hydrogen) atoms. The zero-order chi connectivity index (χ0) is 22.7. The maximum atomic E-state index is 14.9. The number of benzene rings is 1. The van der Waals surface area contributed by atoms with Crippen molar-refractivity contribution in [3.05, 3.63) is 48.6 Å². The van der Waals surface area contributed by atoms with Crippen LogP contribution in [0.5, 0.6) is 0 Å². The number of aromatic nitrogens is 6. The number of aromatic amines is 1. The molecule has 3 aromatic heterocycles. The summed E-state index contributed by atoms with van der Waals surface area (Å²) in [4.78, 5) is 4.50. The number of H-pyrrole nitrogens is 1. The Bertz CT molecular complexity index is 1280. The summed E-state index contributed by atoms with van der Waals surface area (Å²) >= 11 is 0. The number of nitrogens with one attached hydrogen (secondary N) is 2. The van der Waals surface area contributed by atoms with E-state index in [0.717, 1.165) is 25.0 Å². The third kappa shape index (κ3) is 4.35. The SMILES string of the molecule is CC1(C)CC(n2cnc3cc(-c4cc(F)c(-c5cn[nH]c5)cc4F)nnc32)CC(C)(C)N1.Cl. The van der Waals surface area contributed by atoms with Crippen LogP contribution in [-0.4, -0.2) is 41.0 Å². The Morgan fingerprint density at radius 2 is 1.64 bits per heavy atom. The summed E-state index contributed by atoms with van der Waals surface area (Å²) in [5.74, 6) is -1.15. The Hall–Kier alpha value is -2.91. The minimum absolute atomic E-state index is 0. The lowest BCUT2D eigenvalue weighted by Gasteiger charge is -2.46. The highest BCUT2D eigenvalue weighted by atomic mass is 35.5. The molecule has 10 heteroatoms. The molecule has 0 saturated carbocycles. The Morgan fingerprint density at radius 1 is 0.970 bits per heavy atom. The van der Waals surface area contributed by atoms with Gasteiger partial charge in [-0.2, -0.15) is 5.10 Å². The summed E-state index contributed by atoms with van der Waals surface area (Å²) in [5.41, 5.74) is 2.06. The molecule has 0 radical (unpaired) electrons. The minimum atomic E-state index is -0.586. The molecule has 0 atom stereocenters. The lowest BCUT2D eigenvalue weighted by molar-refractivity contribution is 0.134. The predicted molar refractivity (Wildman–Crippen MR) is 125 cm³/mol. The van der Waals surface area contributed by atoms with Crippen LogP contribution in [0.4, 0.5) is 8.78 Å². The molecular weight excluding hydrogens is 448 g/mol. The average Bonchev–Trinajstić information content (AvgIpc) is 3.36. The van der Waals surface area contributed by atoms with E-state index in [1.165, 1.54) is 12.4 Å². The third-order valence-electron chi connectivity index (χ3n) is 6.02. The van der Waals surface area contributed by atoms with E-state index >= 15 is 0 Å². The van der Waals surface area contributed by atoms with Crippen LogP contribution >= 0.6 is 12.4 Å².